The third-order valence-electron chi connectivity index (χ3n) is 17.7. The van der Waals surface area contributed by atoms with E-state index in [1.807, 2.05) is 54.6 Å². The van der Waals surface area contributed by atoms with E-state index in [4.69, 9.17) is 14.0 Å². The van der Waals surface area contributed by atoms with E-state index in [1.54, 1.807) is 12.1 Å². The van der Waals surface area contributed by atoms with Gasteiger partial charge in [-0.2, -0.15) is 0 Å². The van der Waals surface area contributed by atoms with Crippen molar-refractivity contribution in [1.82, 2.24) is 0 Å². The Labute approximate surface area is 469 Å². The first-order chi connectivity index (χ1) is 40.0. The smallest absolute Gasteiger partial charge is 0.559 e. The molecule has 0 atom stereocenters. The predicted octanol–water partition coefficient (Wildman–Crippen LogP) is 9.91. The molecule has 81 heavy (non-hydrogen) atoms. The second-order valence-electron chi connectivity index (χ2n) is 21.7. The summed E-state index contributed by atoms with van der Waals surface area (Å²) in [5, 5.41) is 36.2. The van der Waals surface area contributed by atoms with Gasteiger partial charge in [0, 0.05) is 119 Å². The molecule has 7 aliphatic rings. The van der Waals surface area contributed by atoms with Crippen LogP contribution in [0.3, 0.4) is 0 Å². The molecule has 0 amide bonds. The van der Waals surface area contributed by atoms with Crippen LogP contribution in [0.25, 0.3) is 66.8 Å². The lowest BCUT2D eigenvalue weighted by Crippen LogP contribution is -2.65. The molecular formula is C66H41B5N4O6. The second kappa shape index (κ2) is 16.4. The number of phenols is 3. The van der Waals surface area contributed by atoms with Crippen molar-refractivity contribution in [3.05, 3.63) is 212 Å². The van der Waals surface area contributed by atoms with Gasteiger partial charge >= 0.3 is 21.6 Å². The molecule has 0 radical (unpaired) electrons. The number of hydrogen-bond acceptors (Lipinski definition) is 10. The van der Waals surface area contributed by atoms with Gasteiger partial charge in [0.25, 0.3) is 14.8 Å². The number of phenolic OH excluding ortho intramolecular Hbond substituents is 3. The Bertz CT molecular complexity index is 4580. The van der Waals surface area contributed by atoms with Gasteiger partial charge in [0.1, 0.15) is 34.5 Å². The number of fused-ring (bicyclic) bond motifs is 9. The van der Waals surface area contributed by atoms with Crippen molar-refractivity contribution in [1.29, 1.82) is 0 Å². The van der Waals surface area contributed by atoms with Crippen LogP contribution in [-0.4, -0.2) is 51.7 Å². The molecule has 376 valence electrons. The second-order valence-corrected chi connectivity index (χ2v) is 21.7. The lowest BCUT2D eigenvalue weighted by atomic mass is 9.48. The molecule has 0 aliphatic carbocycles. The van der Waals surface area contributed by atoms with Gasteiger partial charge in [0.15, 0.2) is 0 Å². The fraction of sp³-hybridized carbons (Fsp3) is 0. The van der Waals surface area contributed by atoms with Crippen LogP contribution < -0.4 is 60.5 Å². The maximum atomic E-state index is 12.5. The van der Waals surface area contributed by atoms with Gasteiger partial charge in [-0.15, -0.1) is 0 Å². The molecule has 0 saturated heterocycles. The molecule has 18 rings (SSSR count). The highest BCUT2D eigenvalue weighted by atomic mass is 16.6. The number of aromatic hydroxyl groups is 3. The molecule has 0 spiro atoms. The number of hydrogen-bond donors (Lipinski definition) is 3. The highest BCUT2D eigenvalue weighted by Crippen LogP contribution is 2.60. The van der Waals surface area contributed by atoms with Gasteiger partial charge in [-0.1, -0.05) is 121 Å². The van der Waals surface area contributed by atoms with Gasteiger partial charge in [0.05, 0.1) is 0 Å². The zero-order valence-corrected chi connectivity index (χ0v) is 43.3. The lowest BCUT2D eigenvalue weighted by Gasteiger charge is -2.53. The predicted molar refractivity (Wildman–Crippen MR) is 331 cm³/mol. The van der Waals surface area contributed by atoms with Gasteiger partial charge in [-0.05, 0) is 112 Å². The molecule has 11 aromatic carbocycles. The Morgan fingerprint density at radius 3 is 1.43 bits per heavy atom. The van der Waals surface area contributed by atoms with Gasteiger partial charge in [0.2, 0.25) is 0 Å². The monoisotopic (exact) mass is 1040 g/mol. The number of nitrogens with zero attached hydrogens (tertiary/aromatic N) is 4. The van der Waals surface area contributed by atoms with Crippen LogP contribution in [0.5, 0.6) is 34.5 Å². The van der Waals surface area contributed by atoms with Gasteiger partial charge < -0.3 is 48.5 Å². The third-order valence-corrected chi connectivity index (χ3v) is 17.7. The maximum absolute atomic E-state index is 12.5. The highest BCUT2D eigenvalue weighted by Gasteiger charge is 2.55. The van der Waals surface area contributed by atoms with Crippen LogP contribution in [0.4, 0.5) is 45.5 Å². The Hall–Kier alpha value is -10.3. The van der Waals surface area contributed by atoms with Crippen molar-refractivity contribution in [3.8, 4) is 101 Å². The molecule has 0 fully saturated rings. The third kappa shape index (κ3) is 6.01. The Balaban J connectivity index is 1.02. The summed E-state index contributed by atoms with van der Waals surface area (Å²) in [5.41, 5.74) is 23.6. The maximum Gasteiger partial charge on any atom is 0.634 e. The zero-order chi connectivity index (χ0) is 53.4. The largest absolute Gasteiger partial charge is 0.634 e. The van der Waals surface area contributed by atoms with Crippen LogP contribution in [0.2, 0.25) is 0 Å². The summed E-state index contributed by atoms with van der Waals surface area (Å²) in [4.78, 5) is 9.88. The first-order valence-electron chi connectivity index (χ1n) is 27.5. The molecule has 10 nitrogen and oxygen atoms in total. The van der Waals surface area contributed by atoms with Gasteiger partial charge in [-0.3, -0.25) is 0 Å². The molecule has 0 aromatic heterocycles. The molecular weight excluding hydrogens is 999 g/mol. The first-order valence-corrected chi connectivity index (χ1v) is 27.5. The highest BCUT2D eigenvalue weighted by molar-refractivity contribution is 6.89. The van der Waals surface area contributed by atoms with E-state index in [1.165, 1.54) is 0 Å². The zero-order valence-electron chi connectivity index (χ0n) is 43.3. The average Bonchev–Trinajstić information content (AvgIpc) is 1.37. The van der Waals surface area contributed by atoms with E-state index in [2.05, 4.69) is 165 Å². The number of benzene rings is 11. The fourth-order valence-electron chi connectivity index (χ4n) is 14.5. The minimum Gasteiger partial charge on any atom is -0.559 e. The van der Waals surface area contributed by atoms with Crippen LogP contribution in [0.15, 0.2) is 212 Å². The number of para-hydroxylation sites is 6. The summed E-state index contributed by atoms with van der Waals surface area (Å²) in [5.74, 6) is 2.46. The molecule has 0 bridgehead atoms. The van der Waals surface area contributed by atoms with Crippen molar-refractivity contribution in [2.45, 2.75) is 0 Å². The van der Waals surface area contributed by atoms with Crippen molar-refractivity contribution < 1.29 is 29.3 Å². The van der Waals surface area contributed by atoms with Crippen molar-refractivity contribution in [3.63, 3.8) is 0 Å². The van der Waals surface area contributed by atoms with Crippen molar-refractivity contribution in [2.75, 3.05) is 19.2 Å². The summed E-state index contributed by atoms with van der Waals surface area (Å²) in [6.07, 6.45) is 0. The van der Waals surface area contributed by atoms with Crippen molar-refractivity contribution in [2.24, 2.45) is 0 Å². The van der Waals surface area contributed by atoms with Crippen molar-refractivity contribution >= 4 is 109 Å². The standard InChI is InChI=1S/C66H41B5N4O6/c76-48-27-15-13-25-40(48)42-29-31-49(77)58-60-52(79-69-62(42)58)34-46-54-56-44(72(67-63(54)60)36-17-5-1-6-18-36)33-45-57-55-47(75(39-23-11-4-12-24-39)70(66(56)57)74(46)38-21-9-3-10-22-38)35-53-61(64(55)68-73(45)37-19-7-2-8-20-37)59-50(78)32-30-43-41-26-14-16-28-51(41)80-71(81-53)65(43)59/h1-35,67-69,76-78H. The first kappa shape index (κ1) is 44.7. The summed E-state index contributed by atoms with van der Waals surface area (Å²) in [6.45, 7) is -0.507. The topological polar surface area (TPSA) is 101 Å². The lowest BCUT2D eigenvalue weighted by molar-refractivity contribution is 0.433. The quantitative estimate of drug-likeness (QED) is 0.145. The number of anilines is 8. The summed E-state index contributed by atoms with van der Waals surface area (Å²) < 4.78 is 21.1. The van der Waals surface area contributed by atoms with E-state index in [0.29, 0.717) is 43.0 Å². The molecule has 3 N–H and O–H groups in total. The van der Waals surface area contributed by atoms with E-state index in [0.717, 1.165) is 129 Å². The summed E-state index contributed by atoms with van der Waals surface area (Å²) in [7, 11) is 0.261. The Kier molecular flexibility index (Phi) is 9.05. The molecule has 7 heterocycles. The molecule has 0 unspecified atom stereocenters. The van der Waals surface area contributed by atoms with Crippen LogP contribution in [0.1, 0.15) is 0 Å². The van der Waals surface area contributed by atoms with Gasteiger partial charge in [-0.25, -0.2) is 0 Å². The molecule has 15 heteroatoms. The van der Waals surface area contributed by atoms with Crippen LogP contribution >= 0.6 is 0 Å². The van der Waals surface area contributed by atoms with Crippen LogP contribution in [0, 0.1) is 0 Å². The van der Waals surface area contributed by atoms with E-state index in [-0.39, 0.29) is 24.7 Å². The molecule has 0 saturated carbocycles. The van der Waals surface area contributed by atoms with Crippen LogP contribution in [-0.2, 0) is 0 Å². The molecule has 11 aromatic rings. The minimum atomic E-state index is -0.817. The van der Waals surface area contributed by atoms with E-state index >= 15 is 0 Å². The average molecular weight is 1040 g/mol. The summed E-state index contributed by atoms with van der Waals surface area (Å²) >= 11 is 0. The Morgan fingerprint density at radius 1 is 0.333 bits per heavy atom. The SMILES string of the molecule is Oc1ccccc1-c1ccc(O)c2c1BOc1cc3c4c(c1-2)BN(c1ccccc1)c1cc2c5c(c1-4)B(N3c1ccccc1)N(c1ccccc1)c1cc3c(c(c1-5)BN2c1ccccc1)-c1c(O)ccc2c1B(Oc1ccccc1-2)O3. The molecule has 7 aliphatic heterocycles. The summed E-state index contributed by atoms with van der Waals surface area (Å²) in [6, 6.07) is 72.3. The minimum absolute atomic E-state index is 0.143. The number of rotatable bonds is 5. The van der Waals surface area contributed by atoms with E-state index < -0.39 is 14.1 Å². The van der Waals surface area contributed by atoms with E-state index in [9.17, 15) is 15.3 Å². The Morgan fingerprint density at radius 2 is 0.827 bits per heavy atom. The normalized spacial score (nSPS) is 14.3. The fourth-order valence-corrected chi connectivity index (χ4v) is 14.5.